The van der Waals surface area contributed by atoms with Crippen LogP contribution in [0.2, 0.25) is 0 Å². The maximum Gasteiger partial charge on any atom is 0.222 e. The summed E-state index contributed by atoms with van der Waals surface area (Å²) < 4.78 is 14.8. The summed E-state index contributed by atoms with van der Waals surface area (Å²) in [4.78, 5) is 12.2. The molecule has 2 unspecified atom stereocenters. The van der Waals surface area contributed by atoms with E-state index in [-0.39, 0.29) is 22.7 Å². The molecule has 1 amide bonds. The van der Waals surface area contributed by atoms with E-state index in [0.29, 0.717) is 4.47 Å². The van der Waals surface area contributed by atoms with Gasteiger partial charge in [0.05, 0.1) is 12.1 Å². The Kier molecular flexibility index (Phi) is 6.54. The summed E-state index contributed by atoms with van der Waals surface area (Å²) in [5.74, 6) is -0.759. The second-order valence-corrected chi connectivity index (χ2v) is 7.77. The normalized spacial score (nSPS) is 14.7. The van der Waals surface area contributed by atoms with Crippen LogP contribution >= 0.6 is 31.9 Å². The molecule has 0 aromatic heterocycles. The van der Waals surface area contributed by atoms with Gasteiger partial charge in [0.25, 0.3) is 0 Å². The van der Waals surface area contributed by atoms with Crippen LogP contribution in [0.3, 0.4) is 0 Å². The first-order valence-corrected chi connectivity index (χ1v) is 9.13. The number of halogens is 3. The van der Waals surface area contributed by atoms with Gasteiger partial charge in [0, 0.05) is 21.3 Å². The Bertz CT molecular complexity index is 711. The van der Waals surface area contributed by atoms with Crippen molar-refractivity contribution in [3.63, 3.8) is 0 Å². The number of hydrogen-bond acceptors (Lipinski definition) is 2. The third-order valence-corrected chi connectivity index (χ3v) is 5.13. The zero-order chi connectivity index (χ0) is 17.7. The van der Waals surface area contributed by atoms with E-state index < -0.39 is 18.0 Å². The summed E-state index contributed by atoms with van der Waals surface area (Å²) in [7, 11) is 0. The van der Waals surface area contributed by atoms with Crippen molar-refractivity contribution in [2.45, 2.75) is 23.7 Å². The van der Waals surface area contributed by atoms with Crippen molar-refractivity contribution in [2.75, 3.05) is 6.61 Å². The number of alkyl halides is 1. The molecule has 0 aliphatic carbocycles. The molecule has 0 spiro atoms. The van der Waals surface area contributed by atoms with Crippen LogP contribution in [0.4, 0.5) is 4.39 Å². The van der Waals surface area contributed by atoms with Crippen molar-refractivity contribution in [1.82, 2.24) is 5.32 Å². The van der Waals surface area contributed by atoms with E-state index in [0.717, 1.165) is 5.56 Å². The Morgan fingerprint density at radius 2 is 1.96 bits per heavy atom. The van der Waals surface area contributed by atoms with Gasteiger partial charge in [-0.3, -0.25) is 4.79 Å². The molecule has 0 saturated heterocycles. The molecule has 2 N–H and O–H groups in total. The molecule has 2 aromatic carbocycles. The predicted molar refractivity (Wildman–Crippen MR) is 99.4 cm³/mol. The van der Waals surface area contributed by atoms with Crippen LogP contribution in [-0.2, 0) is 10.3 Å². The van der Waals surface area contributed by atoms with Crippen LogP contribution in [0.5, 0.6) is 0 Å². The van der Waals surface area contributed by atoms with Gasteiger partial charge in [0.15, 0.2) is 0 Å². The maximum absolute atomic E-state index is 14.1. The third-order valence-electron chi connectivity index (χ3n) is 3.78. The lowest BCUT2D eigenvalue weighted by atomic mass is 9.92. The summed E-state index contributed by atoms with van der Waals surface area (Å²) in [6.07, 6.45) is 0.176. The van der Waals surface area contributed by atoms with Crippen molar-refractivity contribution in [3.05, 3.63) is 69.9 Å². The van der Waals surface area contributed by atoms with Crippen molar-refractivity contribution < 1.29 is 14.3 Å². The fourth-order valence-electron chi connectivity index (χ4n) is 2.41. The summed E-state index contributed by atoms with van der Waals surface area (Å²) in [5, 5.41) is 12.5. The van der Waals surface area contributed by atoms with Gasteiger partial charge < -0.3 is 10.4 Å². The average Bonchev–Trinajstić information content (AvgIpc) is 2.57. The second kappa shape index (κ2) is 8.23. The highest BCUT2D eigenvalue weighted by Crippen LogP contribution is 2.29. The van der Waals surface area contributed by atoms with Gasteiger partial charge in [0.1, 0.15) is 5.82 Å². The molecule has 0 saturated carbocycles. The monoisotopic (exact) mass is 457 g/mol. The number of rotatable bonds is 6. The Balaban J connectivity index is 2.14. The van der Waals surface area contributed by atoms with E-state index in [1.165, 1.54) is 6.07 Å². The number of aliphatic hydroxyl groups is 1. The van der Waals surface area contributed by atoms with Gasteiger partial charge in [0.2, 0.25) is 5.91 Å². The average molecular weight is 459 g/mol. The van der Waals surface area contributed by atoms with Crippen molar-refractivity contribution in [1.29, 1.82) is 0 Å². The number of carbonyl (C=O) groups excluding carboxylic acids is 1. The molecule has 6 heteroatoms. The number of carbonyl (C=O) groups is 1. The molecule has 3 nitrogen and oxygen atoms in total. The van der Waals surface area contributed by atoms with E-state index in [2.05, 4.69) is 37.2 Å². The zero-order valence-electron chi connectivity index (χ0n) is 13.1. The molecule has 0 aliphatic heterocycles. The minimum Gasteiger partial charge on any atom is -0.394 e. The van der Waals surface area contributed by atoms with E-state index in [9.17, 15) is 14.3 Å². The molecule has 2 rings (SSSR count). The van der Waals surface area contributed by atoms with Crippen molar-refractivity contribution in [2.24, 2.45) is 0 Å². The topological polar surface area (TPSA) is 49.3 Å². The van der Waals surface area contributed by atoms with Gasteiger partial charge >= 0.3 is 0 Å². The van der Waals surface area contributed by atoms with E-state index in [1.54, 1.807) is 19.1 Å². The first-order valence-electron chi connectivity index (χ1n) is 7.42. The first-order chi connectivity index (χ1) is 11.4. The van der Waals surface area contributed by atoms with Gasteiger partial charge in [-0.05, 0) is 30.7 Å². The van der Waals surface area contributed by atoms with E-state index in [4.69, 9.17) is 0 Å². The van der Waals surface area contributed by atoms with Crippen LogP contribution in [0, 0.1) is 5.82 Å². The SMILES string of the molecule is CC(CO)(NC(=O)CC(Br)c1ccccc1)c1cc(Br)ccc1F. The van der Waals surface area contributed by atoms with Gasteiger partial charge in [-0.15, -0.1) is 0 Å². The lowest BCUT2D eigenvalue weighted by Crippen LogP contribution is -2.47. The second-order valence-electron chi connectivity index (χ2n) is 5.74. The molecule has 0 aliphatic rings. The highest BCUT2D eigenvalue weighted by atomic mass is 79.9. The quantitative estimate of drug-likeness (QED) is 0.628. The minimum absolute atomic E-state index is 0.158. The molecule has 2 atom stereocenters. The molecule has 0 fully saturated rings. The molecule has 128 valence electrons. The van der Waals surface area contributed by atoms with Crippen LogP contribution in [0.1, 0.15) is 29.3 Å². The Labute approximate surface area is 157 Å². The molecule has 0 bridgehead atoms. The van der Waals surface area contributed by atoms with Crippen molar-refractivity contribution >= 4 is 37.8 Å². The fourth-order valence-corrected chi connectivity index (χ4v) is 3.37. The fraction of sp³-hybridized carbons (Fsp3) is 0.278. The highest BCUT2D eigenvalue weighted by Gasteiger charge is 2.31. The number of nitrogens with one attached hydrogen (secondary N) is 1. The summed E-state index contributed by atoms with van der Waals surface area (Å²) >= 11 is 6.78. The Morgan fingerprint density at radius 1 is 1.29 bits per heavy atom. The number of hydrogen-bond donors (Lipinski definition) is 2. The zero-order valence-corrected chi connectivity index (χ0v) is 16.3. The summed E-state index contributed by atoms with van der Waals surface area (Å²) in [5.41, 5.74) is 0.0134. The van der Waals surface area contributed by atoms with Crippen LogP contribution in [0.25, 0.3) is 0 Å². The predicted octanol–water partition coefficient (Wildman–Crippen LogP) is 4.44. The molecule has 0 radical (unpaired) electrons. The lowest BCUT2D eigenvalue weighted by Gasteiger charge is -2.30. The smallest absolute Gasteiger partial charge is 0.222 e. The molecular formula is C18H18Br2FNO2. The van der Waals surface area contributed by atoms with Gasteiger partial charge in [-0.1, -0.05) is 62.2 Å². The third kappa shape index (κ3) is 4.65. The molecule has 24 heavy (non-hydrogen) atoms. The highest BCUT2D eigenvalue weighted by molar-refractivity contribution is 9.10. The molecular weight excluding hydrogens is 441 g/mol. The van der Waals surface area contributed by atoms with E-state index in [1.807, 2.05) is 30.3 Å². The number of amides is 1. The summed E-state index contributed by atoms with van der Waals surface area (Å²) in [6, 6.07) is 14.0. The standard InChI is InChI=1S/C18H18Br2FNO2/c1-18(11-23,14-9-13(19)7-8-16(14)21)22-17(24)10-15(20)12-5-3-2-4-6-12/h2-9,15,23H,10-11H2,1H3,(H,22,24). The van der Waals surface area contributed by atoms with Crippen molar-refractivity contribution in [3.8, 4) is 0 Å². The minimum atomic E-state index is -1.20. The largest absolute Gasteiger partial charge is 0.394 e. The number of aliphatic hydroxyl groups excluding tert-OH is 1. The van der Waals surface area contributed by atoms with Crippen LogP contribution in [-0.4, -0.2) is 17.6 Å². The van der Waals surface area contributed by atoms with Gasteiger partial charge in [-0.2, -0.15) is 0 Å². The Morgan fingerprint density at radius 3 is 2.58 bits per heavy atom. The maximum atomic E-state index is 14.1. The van der Waals surface area contributed by atoms with Crippen LogP contribution < -0.4 is 5.32 Å². The number of benzene rings is 2. The van der Waals surface area contributed by atoms with Gasteiger partial charge in [-0.25, -0.2) is 4.39 Å². The first kappa shape index (κ1) is 19.1. The lowest BCUT2D eigenvalue weighted by molar-refractivity contribution is -0.123. The van der Waals surface area contributed by atoms with Crippen LogP contribution in [0.15, 0.2) is 53.0 Å². The summed E-state index contributed by atoms with van der Waals surface area (Å²) in [6.45, 7) is 1.19. The van der Waals surface area contributed by atoms with E-state index >= 15 is 0 Å². The molecule has 0 heterocycles. The Hall–Kier alpha value is -1.24. The molecule has 2 aromatic rings.